The zero-order valence-electron chi connectivity index (χ0n) is 10.4. The van der Waals surface area contributed by atoms with Crippen molar-refractivity contribution in [2.75, 3.05) is 26.3 Å². The van der Waals surface area contributed by atoms with Gasteiger partial charge in [-0.15, -0.1) is 0 Å². The average Bonchev–Trinajstić information content (AvgIpc) is 2.26. The van der Waals surface area contributed by atoms with E-state index in [1.165, 1.54) is 45.2 Å². The Labute approximate surface area is 94.8 Å². The first-order chi connectivity index (χ1) is 7.33. The first-order valence-electron chi connectivity index (χ1n) is 6.61. The average molecular weight is 213 g/mol. The predicted molar refractivity (Wildman–Crippen MR) is 65.1 cm³/mol. The number of hydrogen-bond donors (Lipinski definition) is 1. The Morgan fingerprint density at radius 2 is 2.07 bits per heavy atom. The van der Waals surface area contributed by atoms with E-state index in [0.29, 0.717) is 0 Å². The zero-order valence-corrected chi connectivity index (χ0v) is 10.4. The van der Waals surface area contributed by atoms with Crippen molar-refractivity contribution < 1.29 is 4.74 Å². The van der Waals surface area contributed by atoms with Crippen molar-refractivity contribution in [3.8, 4) is 0 Å². The fraction of sp³-hybridized carbons (Fsp3) is 1.00. The highest BCUT2D eigenvalue weighted by Gasteiger charge is 2.12. The predicted octanol–water partition coefficient (Wildman–Crippen LogP) is 2.83. The van der Waals surface area contributed by atoms with Gasteiger partial charge in [0.05, 0.1) is 0 Å². The highest BCUT2D eigenvalue weighted by Crippen LogP contribution is 2.16. The molecule has 0 radical (unpaired) electrons. The molecule has 1 atom stereocenters. The standard InChI is InChI=1S/C13H27NO/c1-3-4-12(2)11-15-10-7-13-5-8-14-9-6-13/h12-14H,3-11H2,1-2H3. The van der Waals surface area contributed by atoms with Crippen LogP contribution in [0, 0.1) is 11.8 Å². The summed E-state index contributed by atoms with van der Waals surface area (Å²) in [5.74, 6) is 1.65. The second-order valence-electron chi connectivity index (χ2n) is 4.95. The third kappa shape index (κ3) is 6.16. The Hall–Kier alpha value is -0.0800. The molecule has 1 unspecified atom stereocenters. The summed E-state index contributed by atoms with van der Waals surface area (Å²) in [5.41, 5.74) is 0. The van der Waals surface area contributed by atoms with Crippen LogP contribution in [-0.4, -0.2) is 26.3 Å². The molecule has 2 heteroatoms. The van der Waals surface area contributed by atoms with Crippen LogP contribution in [0.25, 0.3) is 0 Å². The van der Waals surface area contributed by atoms with Crippen molar-refractivity contribution in [2.45, 2.75) is 46.0 Å². The van der Waals surface area contributed by atoms with Crippen LogP contribution in [0.3, 0.4) is 0 Å². The molecule has 0 aliphatic carbocycles. The van der Waals surface area contributed by atoms with Gasteiger partial charge >= 0.3 is 0 Å². The number of nitrogens with one attached hydrogen (secondary N) is 1. The molecule has 0 aromatic heterocycles. The summed E-state index contributed by atoms with van der Waals surface area (Å²) in [6, 6.07) is 0. The van der Waals surface area contributed by atoms with Gasteiger partial charge in [-0.3, -0.25) is 0 Å². The monoisotopic (exact) mass is 213 g/mol. The fourth-order valence-electron chi connectivity index (χ4n) is 2.28. The fourth-order valence-corrected chi connectivity index (χ4v) is 2.28. The quantitative estimate of drug-likeness (QED) is 0.657. The molecular weight excluding hydrogens is 186 g/mol. The lowest BCUT2D eigenvalue weighted by molar-refractivity contribution is 0.0871. The maximum Gasteiger partial charge on any atom is 0.0491 e. The first-order valence-corrected chi connectivity index (χ1v) is 6.61. The van der Waals surface area contributed by atoms with Gasteiger partial charge in [0.15, 0.2) is 0 Å². The molecular formula is C13H27NO. The van der Waals surface area contributed by atoms with Crippen molar-refractivity contribution in [3.63, 3.8) is 0 Å². The molecule has 0 aromatic rings. The van der Waals surface area contributed by atoms with Crippen LogP contribution in [0.15, 0.2) is 0 Å². The van der Waals surface area contributed by atoms with Gasteiger partial charge in [-0.1, -0.05) is 20.3 Å². The molecule has 0 aromatic carbocycles. The zero-order chi connectivity index (χ0) is 10.9. The van der Waals surface area contributed by atoms with E-state index in [2.05, 4.69) is 19.2 Å². The van der Waals surface area contributed by atoms with Gasteiger partial charge in [0.25, 0.3) is 0 Å². The Morgan fingerprint density at radius 1 is 1.33 bits per heavy atom. The largest absolute Gasteiger partial charge is 0.381 e. The van der Waals surface area contributed by atoms with Crippen molar-refractivity contribution in [1.29, 1.82) is 0 Å². The second kappa shape index (κ2) is 8.12. The van der Waals surface area contributed by atoms with Gasteiger partial charge in [-0.25, -0.2) is 0 Å². The summed E-state index contributed by atoms with van der Waals surface area (Å²) < 4.78 is 5.73. The van der Waals surface area contributed by atoms with Crippen molar-refractivity contribution in [3.05, 3.63) is 0 Å². The molecule has 0 amide bonds. The minimum Gasteiger partial charge on any atom is -0.381 e. The van der Waals surface area contributed by atoms with Crippen LogP contribution < -0.4 is 5.32 Å². The summed E-state index contributed by atoms with van der Waals surface area (Å²) in [4.78, 5) is 0. The molecule has 1 aliphatic heterocycles. The summed E-state index contributed by atoms with van der Waals surface area (Å²) in [6.07, 6.45) is 6.52. The third-order valence-electron chi connectivity index (χ3n) is 3.31. The van der Waals surface area contributed by atoms with Crippen LogP contribution in [-0.2, 0) is 4.74 Å². The van der Waals surface area contributed by atoms with Gasteiger partial charge < -0.3 is 10.1 Å². The van der Waals surface area contributed by atoms with E-state index >= 15 is 0 Å². The highest BCUT2D eigenvalue weighted by molar-refractivity contribution is 4.68. The molecule has 1 heterocycles. The maximum absolute atomic E-state index is 5.73. The lowest BCUT2D eigenvalue weighted by Crippen LogP contribution is -2.28. The van der Waals surface area contributed by atoms with Gasteiger partial charge in [0.1, 0.15) is 0 Å². The maximum atomic E-state index is 5.73. The number of ether oxygens (including phenoxy) is 1. The summed E-state index contributed by atoms with van der Waals surface area (Å²) >= 11 is 0. The van der Waals surface area contributed by atoms with Gasteiger partial charge in [-0.05, 0) is 50.6 Å². The molecule has 15 heavy (non-hydrogen) atoms. The Kier molecular flexibility index (Phi) is 7.03. The minimum atomic E-state index is 0.739. The molecule has 0 saturated carbocycles. The van der Waals surface area contributed by atoms with E-state index in [4.69, 9.17) is 4.74 Å². The van der Waals surface area contributed by atoms with Gasteiger partial charge in [-0.2, -0.15) is 0 Å². The van der Waals surface area contributed by atoms with Crippen molar-refractivity contribution in [1.82, 2.24) is 5.32 Å². The second-order valence-corrected chi connectivity index (χ2v) is 4.95. The first kappa shape index (κ1) is 13.0. The van der Waals surface area contributed by atoms with Crippen LogP contribution in [0.5, 0.6) is 0 Å². The van der Waals surface area contributed by atoms with E-state index in [-0.39, 0.29) is 0 Å². The van der Waals surface area contributed by atoms with E-state index in [1.54, 1.807) is 0 Å². The minimum absolute atomic E-state index is 0.739. The molecule has 2 nitrogen and oxygen atoms in total. The normalized spacial score (nSPS) is 20.4. The number of hydrogen-bond acceptors (Lipinski definition) is 2. The third-order valence-corrected chi connectivity index (χ3v) is 3.31. The molecule has 90 valence electrons. The van der Waals surface area contributed by atoms with Gasteiger partial charge in [0.2, 0.25) is 0 Å². The lowest BCUT2D eigenvalue weighted by atomic mass is 9.95. The Morgan fingerprint density at radius 3 is 2.73 bits per heavy atom. The lowest BCUT2D eigenvalue weighted by Gasteiger charge is -2.22. The van der Waals surface area contributed by atoms with Crippen LogP contribution >= 0.6 is 0 Å². The molecule has 1 aliphatic rings. The Balaban J connectivity index is 1.91. The van der Waals surface area contributed by atoms with Gasteiger partial charge in [0, 0.05) is 13.2 Å². The van der Waals surface area contributed by atoms with Crippen LogP contribution in [0.1, 0.15) is 46.0 Å². The van der Waals surface area contributed by atoms with E-state index in [0.717, 1.165) is 25.0 Å². The van der Waals surface area contributed by atoms with E-state index < -0.39 is 0 Å². The molecule has 1 fully saturated rings. The van der Waals surface area contributed by atoms with E-state index in [9.17, 15) is 0 Å². The van der Waals surface area contributed by atoms with Crippen molar-refractivity contribution in [2.24, 2.45) is 11.8 Å². The number of piperidine rings is 1. The molecule has 0 spiro atoms. The Bertz CT molecular complexity index is 143. The molecule has 1 rings (SSSR count). The van der Waals surface area contributed by atoms with Crippen molar-refractivity contribution >= 4 is 0 Å². The van der Waals surface area contributed by atoms with Crippen LogP contribution in [0.4, 0.5) is 0 Å². The van der Waals surface area contributed by atoms with Crippen LogP contribution in [0.2, 0.25) is 0 Å². The molecule has 1 N–H and O–H groups in total. The summed E-state index contributed by atoms with van der Waals surface area (Å²) in [5, 5.41) is 3.40. The SMILES string of the molecule is CCCC(C)COCCC1CCNCC1. The highest BCUT2D eigenvalue weighted by atomic mass is 16.5. The topological polar surface area (TPSA) is 21.3 Å². The molecule has 1 saturated heterocycles. The van der Waals surface area contributed by atoms with E-state index in [1.807, 2.05) is 0 Å². The smallest absolute Gasteiger partial charge is 0.0491 e. The summed E-state index contributed by atoms with van der Waals surface area (Å²) in [6.45, 7) is 8.87. The summed E-state index contributed by atoms with van der Waals surface area (Å²) in [7, 11) is 0. The number of rotatable bonds is 7. The molecule has 0 bridgehead atoms.